The maximum absolute atomic E-state index is 12.9. The van der Waals surface area contributed by atoms with Gasteiger partial charge in [0.2, 0.25) is 0 Å². The van der Waals surface area contributed by atoms with Crippen LogP contribution in [0.3, 0.4) is 0 Å². The number of rotatable bonds is 3. The van der Waals surface area contributed by atoms with E-state index in [1.807, 2.05) is 6.92 Å². The highest BCUT2D eigenvalue weighted by Gasteiger charge is 2.32. The predicted molar refractivity (Wildman–Crippen MR) is 55.4 cm³/mol. The first-order valence-electron chi connectivity index (χ1n) is 4.88. The lowest BCUT2D eigenvalue weighted by Gasteiger charge is -2.26. The Balaban J connectivity index is 3.04. The van der Waals surface area contributed by atoms with Crippen LogP contribution < -0.4 is 0 Å². The zero-order valence-corrected chi connectivity index (χ0v) is 8.87. The van der Waals surface area contributed by atoms with Crippen LogP contribution in [0.15, 0.2) is 24.3 Å². The molecule has 2 nitrogen and oxygen atoms in total. The molecule has 0 spiro atoms. The molecule has 1 rings (SSSR count). The fourth-order valence-electron chi connectivity index (χ4n) is 1.38. The van der Waals surface area contributed by atoms with Crippen LogP contribution >= 0.6 is 0 Å². The van der Waals surface area contributed by atoms with E-state index in [4.69, 9.17) is 5.26 Å². The lowest BCUT2D eigenvalue weighted by Crippen LogP contribution is -2.23. The summed E-state index contributed by atoms with van der Waals surface area (Å²) in [6, 6.07) is 7.80. The third kappa shape index (κ3) is 2.34. The molecular weight excluding hydrogens is 193 g/mol. The van der Waals surface area contributed by atoms with E-state index >= 15 is 0 Å². The van der Waals surface area contributed by atoms with Crippen LogP contribution in [0.5, 0.6) is 0 Å². The van der Waals surface area contributed by atoms with Crippen molar-refractivity contribution in [2.75, 3.05) is 0 Å². The van der Waals surface area contributed by atoms with Gasteiger partial charge in [-0.3, -0.25) is 0 Å². The van der Waals surface area contributed by atoms with Gasteiger partial charge in [-0.25, -0.2) is 4.39 Å². The molecule has 3 heteroatoms. The van der Waals surface area contributed by atoms with Crippen molar-refractivity contribution < 1.29 is 9.50 Å². The molecule has 0 fully saturated rings. The van der Waals surface area contributed by atoms with Gasteiger partial charge in [0.15, 0.2) is 0 Å². The Hall–Kier alpha value is -1.40. The number of hydrogen-bond donors (Lipinski definition) is 1. The summed E-state index contributed by atoms with van der Waals surface area (Å²) in [5.74, 6) is -0.400. The Kier molecular flexibility index (Phi) is 3.43. The van der Waals surface area contributed by atoms with Crippen LogP contribution in [-0.2, 0) is 0 Å². The summed E-state index contributed by atoms with van der Waals surface area (Å²) in [4.78, 5) is 0. The normalized spacial score (nSPS) is 16.5. The summed E-state index contributed by atoms with van der Waals surface area (Å²) in [5, 5.41) is 19.0. The Morgan fingerprint density at radius 3 is 2.73 bits per heavy atom. The minimum absolute atomic E-state index is 0.400. The van der Waals surface area contributed by atoms with E-state index in [1.165, 1.54) is 18.2 Å². The molecule has 15 heavy (non-hydrogen) atoms. The summed E-state index contributed by atoms with van der Waals surface area (Å²) in [6.45, 7) is 3.49. The van der Waals surface area contributed by atoms with Crippen LogP contribution in [0.25, 0.3) is 0 Å². The van der Waals surface area contributed by atoms with Gasteiger partial charge in [0.05, 0.1) is 17.6 Å². The molecule has 2 unspecified atom stereocenters. The van der Waals surface area contributed by atoms with Crippen LogP contribution in [-0.4, -0.2) is 5.11 Å². The minimum atomic E-state index is -0.955. The zero-order chi connectivity index (χ0) is 11.5. The SMILES string of the molecule is CCC(C)(C#N)C(O)c1cccc(F)c1. The second-order valence-electron chi connectivity index (χ2n) is 3.84. The van der Waals surface area contributed by atoms with E-state index in [0.29, 0.717) is 12.0 Å². The largest absolute Gasteiger partial charge is 0.387 e. The molecular formula is C12H14FNO. The molecule has 0 saturated carbocycles. The van der Waals surface area contributed by atoms with Crippen molar-refractivity contribution in [2.45, 2.75) is 26.4 Å². The van der Waals surface area contributed by atoms with E-state index < -0.39 is 17.3 Å². The van der Waals surface area contributed by atoms with Gasteiger partial charge in [-0.1, -0.05) is 19.1 Å². The summed E-state index contributed by atoms with van der Waals surface area (Å²) in [5.41, 5.74) is -0.422. The Morgan fingerprint density at radius 2 is 2.27 bits per heavy atom. The number of nitrogens with zero attached hydrogens (tertiary/aromatic N) is 1. The topological polar surface area (TPSA) is 44.0 Å². The number of benzene rings is 1. The molecule has 1 aromatic rings. The maximum atomic E-state index is 12.9. The van der Waals surface area contributed by atoms with Crippen LogP contribution in [0.1, 0.15) is 31.9 Å². The molecule has 0 saturated heterocycles. The van der Waals surface area contributed by atoms with Crippen LogP contribution in [0.2, 0.25) is 0 Å². The summed E-state index contributed by atoms with van der Waals surface area (Å²) >= 11 is 0. The van der Waals surface area contributed by atoms with Gasteiger partial charge in [-0.2, -0.15) is 5.26 Å². The highest BCUT2D eigenvalue weighted by Crippen LogP contribution is 2.35. The maximum Gasteiger partial charge on any atom is 0.123 e. The van der Waals surface area contributed by atoms with Gasteiger partial charge in [0.1, 0.15) is 5.82 Å². The average Bonchev–Trinajstić information content (AvgIpc) is 2.27. The van der Waals surface area contributed by atoms with Crippen LogP contribution in [0.4, 0.5) is 4.39 Å². The molecule has 0 radical (unpaired) electrons. The van der Waals surface area contributed by atoms with Crippen molar-refractivity contribution >= 4 is 0 Å². The van der Waals surface area contributed by atoms with Crippen molar-refractivity contribution in [1.29, 1.82) is 5.26 Å². The van der Waals surface area contributed by atoms with Crippen molar-refractivity contribution in [2.24, 2.45) is 5.41 Å². The first kappa shape index (κ1) is 11.7. The molecule has 0 aliphatic heterocycles. The van der Waals surface area contributed by atoms with Gasteiger partial charge < -0.3 is 5.11 Å². The first-order chi connectivity index (χ1) is 7.03. The third-order valence-corrected chi connectivity index (χ3v) is 2.76. The summed E-state index contributed by atoms with van der Waals surface area (Å²) in [7, 11) is 0. The fourth-order valence-corrected chi connectivity index (χ4v) is 1.38. The Bertz CT molecular complexity index is 385. The standard InChI is InChI=1S/C12H14FNO/c1-3-12(2,8-14)11(15)9-5-4-6-10(13)7-9/h4-7,11,15H,3H2,1-2H3. The lowest BCUT2D eigenvalue weighted by molar-refractivity contribution is 0.0719. The van der Waals surface area contributed by atoms with Gasteiger partial charge >= 0.3 is 0 Å². The van der Waals surface area contributed by atoms with E-state index in [-0.39, 0.29) is 0 Å². The molecule has 80 valence electrons. The second kappa shape index (κ2) is 4.41. The molecule has 0 aromatic heterocycles. The van der Waals surface area contributed by atoms with E-state index in [0.717, 1.165) is 0 Å². The predicted octanol–water partition coefficient (Wildman–Crippen LogP) is 2.80. The highest BCUT2D eigenvalue weighted by atomic mass is 19.1. The smallest absolute Gasteiger partial charge is 0.123 e. The van der Waals surface area contributed by atoms with E-state index in [1.54, 1.807) is 13.0 Å². The van der Waals surface area contributed by atoms with E-state index in [9.17, 15) is 9.50 Å². The van der Waals surface area contributed by atoms with Crippen molar-refractivity contribution in [3.63, 3.8) is 0 Å². The van der Waals surface area contributed by atoms with Crippen molar-refractivity contribution in [3.05, 3.63) is 35.6 Å². The fraction of sp³-hybridized carbons (Fsp3) is 0.417. The molecule has 0 heterocycles. The Morgan fingerprint density at radius 1 is 1.60 bits per heavy atom. The van der Waals surface area contributed by atoms with Gasteiger partial charge in [-0.15, -0.1) is 0 Å². The lowest BCUT2D eigenvalue weighted by atomic mass is 9.80. The molecule has 1 N–H and O–H groups in total. The molecule has 0 amide bonds. The van der Waals surface area contributed by atoms with Crippen molar-refractivity contribution in [3.8, 4) is 6.07 Å². The molecule has 0 bridgehead atoms. The van der Waals surface area contributed by atoms with Gasteiger partial charge in [0.25, 0.3) is 0 Å². The van der Waals surface area contributed by atoms with Gasteiger partial charge in [-0.05, 0) is 31.0 Å². The summed E-state index contributed by atoms with van der Waals surface area (Å²) < 4.78 is 12.9. The van der Waals surface area contributed by atoms with Gasteiger partial charge in [0, 0.05) is 0 Å². The number of nitriles is 1. The highest BCUT2D eigenvalue weighted by molar-refractivity contribution is 5.23. The monoisotopic (exact) mass is 207 g/mol. The third-order valence-electron chi connectivity index (χ3n) is 2.76. The number of hydrogen-bond acceptors (Lipinski definition) is 2. The molecule has 1 aromatic carbocycles. The van der Waals surface area contributed by atoms with Crippen molar-refractivity contribution in [1.82, 2.24) is 0 Å². The molecule has 2 atom stereocenters. The quantitative estimate of drug-likeness (QED) is 0.828. The number of aliphatic hydroxyl groups excluding tert-OH is 1. The number of halogens is 1. The molecule has 0 aliphatic rings. The molecule has 0 aliphatic carbocycles. The average molecular weight is 207 g/mol. The summed E-state index contributed by atoms with van der Waals surface area (Å²) in [6.07, 6.45) is -0.440. The minimum Gasteiger partial charge on any atom is -0.387 e. The van der Waals surface area contributed by atoms with E-state index in [2.05, 4.69) is 6.07 Å². The Labute approximate surface area is 89.0 Å². The number of aliphatic hydroxyl groups is 1. The first-order valence-corrected chi connectivity index (χ1v) is 4.88. The van der Waals surface area contributed by atoms with Crippen LogP contribution in [0, 0.1) is 22.6 Å². The zero-order valence-electron chi connectivity index (χ0n) is 8.87. The second-order valence-corrected chi connectivity index (χ2v) is 3.84.